The lowest BCUT2D eigenvalue weighted by Crippen LogP contribution is -2.35. The van der Waals surface area contributed by atoms with Crippen LogP contribution in [0.15, 0.2) is 78.2 Å². The number of thiophene rings is 1. The van der Waals surface area contributed by atoms with Crippen LogP contribution in [0.3, 0.4) is 0 Å². The molecule has 0 fully saturated rings. The van der Waals surface area contributed by atoms with Gasteiger partial charge in [0.25, 0.3) is 5.91 Å². The normalized spacial score (nSPS) is 10.6. The number of hydrogen-bond acceptors (Lipinski definition) is 5. The lowest BCUT2D eigenvalue weighted by molar-refractivity contribution is -0.116. The van der Waals surface area contributed by atoms with E-state index in [4.69, 9.17) is 4.74 Å². The summed E-state index contributed by atoms with van der Waals surface area (Å²) in [6.07, 6.45) is 0. The Morgan fingerprint density at radius 1 is 1.06 bits per heavy atom. The molecule has 1 N–H and O–H groups in total. The molecule has 0 saturated carbocycles. The molecule has 0 aliphatic carbocycles. The van der Waals surface area contributed by atoms with Crippen molar-refractivity contribution in [3.8, 4) is 22.0 Å². The predicted molar refractivity (Wildman–Crippen MR) is 125 cm³/mol. The van der Waals surface area contributed by atoms with Gasteiger partial charge in [-0.05, 0) is 41.8 Å². The number of aromatic nitrogens is 2. The van der Waals surface area contributed by atoms with Crippen LogP contribution in [-0.4, -0.2) is 47.2 Å². The molecule has 0 unspecified atom stereocenters. The number of hydrogen-bond donors (Lipinski definition) is 1. The highest BCUT2D eigenvalue weighted by Gasteiger charge is 2.22. The van der Waals surface area contributed by atoms with Crippen molar-refractivity contribution < 1.29 is 14.3 Å². The molecule has 0 atom stereocenters. The highest BCUT2D eigenvalue weighted by Crippen LogP contribution is 2.26. The fourth-order valence-corrected chi connectivity index (χ4v) is 3.91. The molecule has 0 aliphatic heterocycles. The van der Waals surface area contributed by atoms with Crippen LogP contribution in [0.5, 0.6) is 5.75 Å². The Morgan fingerprint density at radius 2 is 1.88 bits per heavy atom. The summed E-state index contributed by atoms with van der Waals surface area (Å²) in [4.78, 5) is 28.2. The summed E-state index contributed by atoms with van der Waals surface area (Å²) in [6.45, 7) is -0.107. The number of methoxy groups -OCH3 is 1. The van der Waals surface area contributed by atoms with Gasteiger partial charge in [0.05, 0.1) is 24.2 Å². The fraction of sp³-hybridized carbons (Fsp3) is 0.125. The molecular weight excluding hydrogens is 424 g/mol. The van der Waals surface area contributed by atoms with E-state index in [1.165, 1.54) is 4.90 Å². The summed E-state index contributed by atoms with van der Waals surface area (Å²) in [7, 11) is 3.16. The van der Waals surface area contributed by atoms with Crippen LogP contribution in [-0.2, 0) is 4.79 Å². The molecule has 4 aromatic rings. The molecule has 4 rings (SSSR count). The van der Waals surface area contributed by atoms with Gasteiger partial charge in [-0.2, -0.15) is 5.10 Å². The first-order chi connectivity index (χ1) is 15.5. The van der Waals surface area contributed by atoms with Gasteiger partial charge in [-0.25, -0.2) is 4.68 Å². The molecule has 0 saturated heterocycles. The van der Waals surface area contributed by atoms with E-state index in [9.17, 15) is 9.59 Å². The molecule has 2 heterocycles. The third kappa shape index (κ3) is 4.70. The van der Waals surface area contributed by atoms with E-state index < -0.39 is 0 Å². The third-order valence-corrected chi connectivity index (χ3v) is 5.68. The molecular formula is C24H22N4O3S. The molecule has 32 heavy (non-hydrogen) atoms. The smallest absolute Gasteiger partial charge is 0.272 e. The quantitative estimate of drug-likeness (QED) is 0.459. The Kier molecular flexibility index (Phi) is 6.32. The molecule has 2 aromatic carbocycles. The van der Waals surface area contributed by atoms with Crippen molar-refractivity contribution in [3.05, 3.63) is 83.9 Å². The van der Waals surface area contributed by atoms with Crippen LogP contribution in [0, 0.1) is 0 Å². The highest BCUT2D eigenvalue weighted by molar-refractivity contribution is 7.13. The average molecular weight is 447 g/mol. The van der Waals surface area contributed by atoms with Gasteiger partial charge in [0.15, 0.2) is 0 Å². The summed E-state index contributed by atoms with van der Waals surface area (Å²) >= 11 is 1.55. The monoisotopic (exact) mass is 446 g/mol. The zero-order chi connectivity index (χ0) is 22.5. The van der Waals surface area contributed by atoms with Gasteiger partial charge in [0.2, 0.25) is 5.91 Å². The Hall–Kier alpha value is -3.91. The number of nitrogens with zero attached hydrogens (tertiary/aromatic N) is 3. The van der Waals surface area contributed by atoms with Crippen molar-refractivity contribution in [2.75, 3.05) is 26.0 Å². The Labute approximate surface area is 189 Å². The molecule has 162 valence electrons. The van der Waals surface area contributed by atoms with E-state index in [0.717, 1.165) is 10.6 Å². The van der Waals surface area contributed by atoms with Gasteiger partial charge in [0, 0.05) is 18.8 Å². The van der Waals surface area contributed by atoms with Crippen LogP contribution >= 0.6 is 11.3 Å². The molecule has 0 aliphatic rings. The van der Waals surface area contributed by atoms with Crippen LogP contribution in [0.4, 0.5) is 5.69 Å². The number of amides is 2. The maximum atomic E-state index is 13.3. The molecule has 0 radical (unpaired) electrons. The number of benzene rings is 2. The number of rotatable bonds is 7. The topological polar surface area (TPSA) is 76.5 Å². The minimum absolute atomic E-state index is 0.107. The number of ether oxygens (including phenoxy) is 1. The van der Waals surface area contributed by atoms with Crippen molar-refractivity contribution in [1.29, 1.82) is 0 Å². The standard InChI is InChI=1S/C24H22N4O3S/c1-27(16-23(29)25-17-8-6-11-19(14-17)31-2)24(30)21-15-20(22-12-7-13-32-22)26-28(21)18-9-4-3-5-10-18/h3-15H,16H2,1-2H3,(H,25,29). The average Bonchev–Trinajstić information content (AvgIpc) is 3.49. The zero-order valence-electron chi connectivity index (χ0n) is 17.7. The first kappa shape index (κ1) is 21.3. The largest absolute Gasteiger partial charge is 0.497 e. The van der Waals surface area contributed by atoms with E-state index in [2.05, 4.69) is 10.4 Å². The second-order valence-electron chi connectivity index (χ2n) is 7.08. The number of anilines is 1. The SMILES string of the molecule is COc1cccc(NC(=O)CN(C)C(=O)c2cc(-c3cccs3)nn2-c2ccccc2)c1. The van der Waals surface area contributed by atoms with E-state index in [1.54, 1.807) is 60.5 Å². The Morgan fingerprint density at radius 3 is 2.59 bits per heavy atom. The molecule has 2 aromatic heterocycles. The zero-order valence-corrected chi connectivity index (χ0v) is 18.5. The Bertz CT molecular complexity index is 1220. The number of carbonyl (C=O) groups excluding carboxylic acids is 2. The lowest BCUT2D eigenvalue weighted by Gasteiger charge is -2.17. The van der Waals surface area contributed by atoms with E-state index in [1.807, 2.05) is 47.8 Å². The molecule has 0 spiro atoms. The molecule has 2 amide bonds. The minimum Gasteiger partial charge on any atom is -0.497 e. The molecule has 7 nitrogen and oxygen atoms in total. The van der Waals surface area contributed by atoms with Gasteiger partial charge in [-0.1, -0.05) is 30.3 Å². The van der Waals surface area contributed by atoms with E-state index in [0.29, 0.717) is 22.8 Å². The van der Waals surface area contributed by atoms with Crippen molar-refractivity contribution in [3.63, 3.8) is 0 Å². The fourth-order valence-electron chi connectivity index (χ4n) is 3.23. The van der Waals surface area contributed by atoms with E-state index >= 15 is 0 Å². The maximum Gasteiger partial charge on any atom is 0.272 e. The summed E-state index contributed by atoms with van der Waals surface area (Å²) in [5.74, 6) is 0.0309. The van der Waals surface area contributed by atoms with Gasteiger partial charge < -0.3 is 15.0 Å². The van der Waals surface area contributed by atoms with Gasteiger partial charge in [-0.3, -0.25) is 9.59 Å². The van der Waals surface area contributed by atoms with Crippen molar-refractivity contribution >= 4 is 28.8 Å². The second-order valence-corrected chi connectivity index (χ2v) is 8.03. The summed E-state index contributed by atoms with van der Waals surface area (Å²) < 4.78 is 6.80. The minimum atomic E-state index is -0.307. The van der Waals surface area contributed by atoms with Gasteiger partial charge >= 0.3 is 0 Å². The number of carbonyl (C=O) groups is 2. The van der Waals surface area contributed by atoms with Gasteiger partial charge in [0.1, 0.15) is 17.1 Å². The number of likely N-dealkylation sites (N-methyl/N-ethyl adjacent to an activating group) is 1. The first-order valence-corrected chi connectivity index (χ1v) is 10.8. The van der Waals surface area contributed by atoms with Crippen molar-refractivity contribution in [1.82, 2.24) is 14.7 Å². The third-order valence-electron chi connectivity index (χ3n) is 4.78. The number of para-hydroxylation sites is 1. The first-order valence-electron chi connectivity index (χ1n) is 9.94. The number of nitrogens with one attached hydrogen (secondary N) is 1. The van der Waals surface area contributed by atoms with Crippen LogP contribution in [0.25, 0.3) is 16.3 Å². The van der Waals surface area contributed by atoms with Crippen LogP contribution < -0.4 is 10.1 Å². The van der Waals surface area contributed by atoms with Crippen LogP contribution in [0.2, 0.25) is 0 Å². The lowest BCUT2D eigenvalue weighted by atomic mass is 10.2. The van der Waals surface area contributed by atoms with Crippen molar-refractivity contribution in [2.45, 2.75) is 0 Å². The predicted octanol–water partition coefficient (Wildman–Crippen LogP) is 4.32. The highest BCUT2D eigenvalue weighted by atomic mass is 32.1. The summed E-state index contributed by atoms with van der Waals surface area (Å²) in [5.41, 5.74) is 2.47. The Balaban J connectivity index is 1.55. The maximum absolute atomic E-state index is 13.3. The molecule has 0 bridgehead atoms. The molecule has 8 heteroatoms. The van der Waals surface area contributed by atoms with Crippen molar-refractivity contribution in [2.24, 2.45) is 0 Å². The van der Waals surface area contributed by atoms with E-state index in [-0.39, 0.29) is 18.4 Å². The van der Waals surface area contributed by atoms with Crippen LogP contribution in [0.1, 0.15) is 10.5 Å². The summed E-state index contributed by atoms with van der Waals surface area (Å²) in [6, 6.07) is 22.2. The second kappa shape index (κ2) is 9.49. The summed E-state index contributed by atoms with van der Waals surface area (Å²) in [5, 5.41) is 9.42. The van der Waals surface area contributed by atoms with Gasteiger partial charge in [-0.15, -0.1) is 11.3 Å².